The number of allylic oxidation sites excluding steroid dienone is 1. The van der Waals surface area contributed by atoms with Crippen LogP contribution in [0.25, 0.3) is 17.1 Å². The fraction of sp³-hybridized carbons (Fsp3) is 0.353. The number of fused-ring (bicyclic) bond motifs is 2. The normalized spacial score (nSPS) is 16.8. The molecule has 7 nitrogen and oxygen atoms in total. The third-order valence-corrected chi connectivity index (χ3v) is 10.6. The summed E-state index contributed by atoms with van der Waals surface area (Å²) in [4.78, 5) is 42.2. The van der Waals surface area contributed by atoms with Crippen molar-refractivity contribution in [1.29, 1.82) is 0 Å². The average molecular weight is 648 g/mol. The number of carboxylic acids is 1. The molecule has 0 aliphatic carbocycles. The number of carboxylic acid groups (broad SMARTS) is 1. The van der Waals surface area contributed by atoms with Crippen LogP contribution in [0, 0.1) is 0 Å². The molecule has 1 amide bonds. The number of carbonyl (C=O) groups excluding carboxylic acids is 1. The molecule has 5 rings (SSSR count). The van der Waals surface area contributed by atoms with Crippen LogP contribution >= 0.6 is 35.3 Å². The predicted molar refractivity (Wildman–Crippen MR) is 186 cm³/mol. The number of nitrogens with zero attached hydrogens (tertiary/aromatic N) is 3. The Bertz CT molecular complexity index is 1820. The van der Waals surface area contributed by atoms with Gasteiger partial charge in [-0.3, -0.25) is 23.9 Å². The van der Waals surface area contributed by atoms with Gasteiger partial charge in [-0.25, -0.2) is 0 Å². The number of hydrogen-bond donors (Lipinski definition) is 1. The van der Waals surface area contributed by atoms with E-state index in [9.17, 15) is 19.5 Å². The Morgan fingerprint density at radius 1 is 1.00 bits per heavy atom. The highest BCUT2D eigenvalue weighted by molar-refractivity contribution is 8.30. The Labute approximate surface area is 271 Å². The van der Waals surface area contributed by atoms with Crippen molar-refractivity contribution < 1.29 is 14.7 Å². The van der Waals surface area contributed by atoms with Crippen LogP contribution in [0.2, 0.25) is 0 Å². The molecule has 44 heavy (non-hydrogen) atoms. The lowest BCUT2D eigenvalue weighted by Gasteiger charge is -2.27. The second-order valence-corrected chi connectivity index (χ2v) is 13.7. The first kappa shape index (κ1) is 31.9. The maximum atomic E-state index is 13.4. The van der Waals surface area contributed by atoms with E-state index in [2.05, 4.69) is 54.3 Å². The van der Waals surface area contributed by atoms with Crippen molar-refractivity contribution in [3.05, 3.63) is 84.3 Å². The number of benzene rings is 2. The Morgan fingerprint density at radius 2 is 1.75 bits per heavy atom. The average Bonchev–Trinajstić information content (AvgIpc) is 3.38. The van der Waals surface area contributed by atoms with Gasteiger partial charge in [0.05, 0.1) is 4.53 Å². The molecule has 1 saturated heterocycles. The van der Waals surface area contributed by atoms with Crippen molar-refractivity contribution in [2.24, 2.45) is 0 Å². The van der Waals surface area contributed by atoms with Gasteiger partial charge >= 0.3 is 5.97 Å². The number of thiocarbonyl (C=S) groups is 1. The first-order valence-electron chi connectivity index (χ1n) is 15.1. The zero-order chi connectivity index (χ0) is 31.4. The molecule has 0 bridgehead atoms. The number of aromatic nitrogens is 1. The molecule has 0 unspecified atom stereocenters. The first-order valence-corrected chi connectivity index (χ1v) is 17.1. The van der Waals surface area contributed by atoms with Crippen molar-refractivity contribution in [2.75, 3.05) is 18.0 Å². The van der Waals surface area contributed by atoms with E-state index in [4.69, 9.17) is 12.2 Å². The van der Waals surface area contributed by atoms with Gasteiger partial charge in [0, 0.05) is 24.5 Å². The smallest absolute Gasteiger partial charge is 0.323 e. The summed E-state index contributed by atoms with van der Waals surface area (Å²) < 4.78 is 2.28. The van der Waals surface area contributed by atoms with Gasteiger partial charge in [0.2, 0.25) is 0 Å². The van der Waals surface area contributed by atoms with E-state index < -0.39 is 18.1 Å². The van der Waals surface area contributed by atoms with Crippen LogP contribution in [-0.2, 0) is 29.0 Å². The van der Waals surface area contributed by atoms with E-state index >= 15 is 0 Å². The third kappa shape index (κ3) is 6.77. The lowest BCUT2D eigenvalue weighted by Crippen LogP contribution is -2.35. The van der Waals surface area contributed by atoms with E-state index in [1.54, 1.807) is 6.08 Å². The summed E-state index contributed by atoms with van der Waals surface area (Å²) >= 11 is 7.59. The molecule has 3 heterocycles. The van der Waals surface area contributed by atoms with Crippen molar-refractivity contribution >= 4 is 79.9 Å². The highest BCUT2D eigenvalue weighted by Gasteiger charge is 2.33. The molecule has 0 saturated carbocycles. The summed E-state index contributed by atoms with van der Waals surface area (Å²) in [6.07, 6.45) is 10.5. The predicted octanol–water partition coefficient (Wildman–Crippen LogP) is 5.68. The molecule has 1 aromatic heterocycles. The van der Waals surface area contributed by atoms with Crippen LogP contribution in [0.4, 0.5) is 11.4 Å². The number of para-hydroxylation sites is 1. The number of thioether (sulfide) groups is 1. The highest BCUT2D eigenvalue weighted by atomic mass is 32.2. The van der Waals surface area contributed by atoms with Crippen molar-refractivity contribution in [1.82, 2.24) is 9.47 Å². The Balaban J connectivity index is 1.51. The topological polar surface area (TPSA) is 82.8 Å². The van der Waals surface area contributed by atoms with E-state index in [-0.39, 0.29) is 5.91 Å². The van der Waals surface area contributed by atoms with Crippen LogP contribution in [0.5, 0.6) is 0 Å². The molecule has 1 fully saturated rings. The lowest BCUT2D eigenvalue weighted by molar-refractivity contribution is -0.137. The summed E-state index contributed by atoms with van der Waals surface area (Å²) in [7, 11) is 0. The molecule has 1 N–H and O–H groups in total. The SMILES string of the molecule is CCCCCCN1c2ccccc2CCc2cc(/C=C(C)/C=c3/s/c(=C4/SC(=S)N(CC)C4=O)n(CC(=O)O)c3=O)ccc21. The fourth-order valence-corrected chi connectivity index (χ4v) is 8.45. The molecule has 10 heteroatoms. The molecule has 0 atom stereocenters. The van der Waals surface area contributed by atoms with Gasteiger partial charge in [0.1, 0.15) is 20.4 Å². The first-order chi connectivity index (χ1) is 21.2. The Hall–Kier alpha value is -3.47. The van der Waals surface area contributed by atoms with Crippen LogP contribution in [-0.4, -0.2) is 43.9 Å². The molecule has 3 aromatic rings. The number of carbonyl (C=O) groups is 2. The number of anilines is 2. The van der Waals surface area contributed by atoms with Gasteiger partial charge in [-0.2, -0.15) is 0 Å². The maximum absolute atomic E-state index is 13.4. The Kier molecular flexibility index (Phi) is 10.2. The number of aryl methyl sites for hydroxylation is 2. The number of unbranched alkanes of at least 4 members (excludes halogenated alkanes) is 3. The maximum Gasteiger partial charge on any atom is 0.323 e. The second kappa shape index (κ2) is 14.1. The van der Waals surface area contributed by atoms with E-state index in [0.717, 1.165) is 60.0 Å². The minimum absolute atomic E-state index is 0.298. The molecule has 2 aromatic carbocycles. The van der Waals surface area contributed by atoms with Gasteiger partial charge in [-0.05, 0) is 79.6 Å². The van der Waals surface area contributed by atoms with E-state index in [1.165, 1.54) is 51.2 Å². The minimum atomic E-state index is -1.15. The third-order valence-electron chi connectivity index (χ3n) is 7.89. The summed E-state index contributed by atoms with van der Waals surface area (Å²) in [5.41, 5.74) is 6.67. The summed E-state index contributed by atoms with van der Waals surface area (Å²) in [5.74, 6) is -1.45. The summed E-state index contributed by atoms with van der Waals surface area (Å²) in [6, 6.07) is 15.3. The van der Waals surface area contributed by atoms with Crippen LogP contribution in [0.3, 0.4) is 0 Å². The molecule has 230 valence electrons. The van der Waals surface area contributed by atoms with E-state index in [0.29, 0.717) is 25.0 Å². The largest absolute Gasteiger partial charge is 0.480 e. The monoisotopic (exact) mass is 647 g/mol. The van der Waals surface area contributed by atoms with Crippen molar-refractivity contribution in [3.63, 3.8) is 0 Å². The van der Waals surface area contributed by atoms with Crippen LogP contribution in [0.1, 0.15) is 63.1 Å². The molecule has 0 spiro atoms. The molecule has 0 radical (unpaired) electrons. The number of aliphatic carboxylic acids is 1. The van der Waals surface area contributed by atoms with Gasteiger partial charge in [0.25, 0.3) is 11.5 Å². The van der Waals surface area contributed by atoms with Crippen LogP contribution in [0.15, 0.2) is 52.8 Å². The number of hydrogen-bond acceptors (Lipinski definition) is 7. The zero-order valence-corrected chi connectivity index (χ0v) is 27.7. The quantitative estimate of drug-likeness (QED) is 0.224. The highest BCUT2D eigenvalue weighted by Crippen LogP contribution is 2.37. The van der Waals surface area contributed by atoms with E-state index in [1.807, 2.05) is 19.9 Å². The van der Waals surface area contributed by atoms with Gasteiger partial charge in [-0.1, -0.05) is 80.5 Å². The standard InChI is InChI=1S/C34H37N3O4S3/c1-4-6-7-10-17-36-26-12-9-8-11-24(26)14-15-25-20-23(13-16-27(25)36)18-22(3)19-28-31(40)37(21-29(38)39)33(43-28)30-32(41)35(5-2)34(42)44-30/h8-9,11-13,16,18-20H,4-7,10,14-15,17,21H2,1-3H3,(H,38,39)/b22-18+,28-19+,33-30+. The van der Waals surface area contributed by atoms with Crippen molar-refractivity contribution in [3.8, 4) is 0 Å². The van der Waals surface area contributed by atoms with Crippen molar-refractivity contribution in [2.45, 2.75) is 65.8 Å². The van der Waals surface area contributed by atoms with Gasteiger partial charge < -0.3 is 10.0 Å². The van der Waals surface area contributed by atoms with Gasteiger partial charge in [-0.15, -0.1) is 11.3 Å². The number of thiazole rings is 1. The zero-order valence-electron chi connectivity index (χ0n) is 25.3. The molecule has 2 aliphatic heterocycles. The molecular weight excluding hydrogens is 611 g/mol. The number of amides is 1. The summed E-state index contributed by atoms with van der Waals surface area (Å²) in [6.45, 7) is 6.85. The molecular formula is C34H37N3O4S3. The van der Waals surface area contributed by atoms with Crippen LogP contribution < -0.4 is 19.7 Å². The van der Waals surface area contributed by atoms with Gasteiger partial charge in [0.15, 0.2) is 0 Å². The number of rotatable bonds is 10. The summed E-state index contributed by atoms with van der Waals surface area (Å²) in [5, 5.41) is 9.51. The fourth-order valence-electron chi connectivity index (χ4n) is 5.76. The lowest BCUT2D eigenvalue weighted by atomic mass is 10.0. The molecule has 2 aliphatic rings. The Morgan fingerprint density at radius 3 is 2.48 bits per heavy atom. The second-order valence-electron chi connectivity index (χ2n) is 11.1. The minimum Gasteiger partial charge on any atom is -0.480 e.